The van der Waals surface area contributed by atoms with Crippen molar-refractivity contribution in [2.45, 2.75) is 13.8 Å². The van der Waals surface area contributed by atoms with E-state index >= 15 is 0 Å². The fraction of sp³-hybridized carbons (Fsp3) is 0.273. The molecule has 0 amide bonds. The van der Waals surface area contributed by atoms with E-state index in [1.807, 2.05) is 38.2 Å². The molecular formula is C11H14N4. The van der Waals surface area contributed by atoms with Gasteiger partial charge in [0.15, 0.2) is 0 Å². The highest BCUT2D eigenvalue weighted by Crippen LogP contribution is 2.16. The molecule has 0 radical (unpaired) electrons. The summed E-state index contributed by atoms with van der Waals surface area (Å²) in [7, 11) is 0. The molecule has 78 valence electrons. The van der Waals surface area contributed by atoms with E-state index < -0.39 is 0 Å². The first-order valence-corrected chi connectivity index (χ1v) is 5.03. The van der Waals surface area contributed by atoms with E-state index in [0.29, 0.717) is 5.95 Å². The molecule has 4 nitrogen and oxygen atoms in total. The maximum atomic E-state index is 4.41. The first-order chi connectivity index (χ1) is 7.29. The average molecular weight is 202 g/mol. The van der Waals surface area contributed by atoms with Crippen LogP contribution in [-0.2, 0) is 0 Å². The SMILES string of the molecule is CCNc1nc(C)cc(-c2ccc[nH]2)n1. The molecule has 0 fully saturated rings. The Morgan fingerprint density at radius 3 is 2.93 bits per heavy atom. The molecule has 2 aromatic rings. The summed E-state index contributed by atoms with van der Waals surface area (Å²) in [6.07, 6.45) is 1.89. The largest absolute Gasteiger partial charge is 0.360 e. The highest BCUT2D eigenvalue weighted by Gasteiger charge is 2.03. The van der Waals surface area contributed by atoms with E-state index in [1.165, 1.54) is 0 Å². The number of hydrogen-bond acceptors (Lipinski definition) is 3. The normalized spacial score (nSPS) is 10.3. The Kier molecular flexibility index (Phi) is 2.67. The third-order valence-corrected chi connectivity index (χ3v) is 2.06. The van der Waals surface area contributed by atoms with Crippen LogP contribution >= 0.6 is 0 Å². The summed E-state index contributed by atoms with van der Waals surface area (Å²) in [5.74, 6) is 0.683. The minimum Gasteiger partial charge on any atom is -0.360 e. The van der Waals surface area contributed by atoms with Crippen LogP contribution in [0, 0.1) is 6.92 Å². The van der Waals surface area contributed by atoms with Crippen LogP contribution in [-0.4, -0.2) is 21.5 Å². The molecule has 0 aromatic carbocycles. The maximum absolute atomic E-state index is 4.41. The van der Waals surface area contributed by atoms with Crippen LogP contribution in [0.5, 0.6) is 0 Å². The van der Waals surface area contributed by atoms with Gasteiger partial charge in [-0.3, -0.25) is 0 Å². The molecule has 2 N–H and O–H groups in total. The topological polar surface area (TPSA) is 53.6 Å². The van der Waals surface area contributed by atoms with Gasteiger partial charge in [0.25, 0.3) is 0 Å². The Balaban J connectivity index is 2.40. The van der Waals surface area contributed by atoms with Crippen molar-refractivity contribution < 1.29 is 0 Å². The van der Waals surface area contributed by atoms with Crippen molar-refractivity contribution in [3.05, 3.63) is 30.1 Å². The molecule has 15 heavy (non-hydrogen) atoms. The van der Waals surface area contributed by atoms with Crippen LogP contribution in [0.2, 0.25) is 0 Å². The Morgan fingerprint density at radius 2 is 2.27 bits per heavy atom. The van der Waals surface area contributed by atoms with Crippen LogP contribution in [0.15, 0.2) is 24.4 Å². The third kappa shape index (κ3) is 2.15. The summed E-state index contributed by atoms with van der Waals surface area (Å²) in [5, 5.41) is 3.11. The van der Waals surface area contributed by atoms with Crippen molar-refractivity contribution in [3.63, 3.8) is 0 Å². The quantitative estimate of drug-likeness (QED) is 0.802. The maximum Gasteiger partial charge on any atom is 0.223 e. The van der Waals surface area contributed by atoms with Gasteiger partial charge in [0.05, 0.1) is 11.4 Å². The number of aromatic amines is 1. The number of H-pyrrole nitrogens is 1. The Morgan fingerprint density at radius 1 is 1.40 bits per heavy atom. The third-order valence-electron chi connectivity index (χ3n) is 2.06. The lowest BCUT2D eigenvalue weighted by Crippen LogP contribution is -2.03. The molecule has 0 saturated carbocycles. The van der Waals surface area contributed by atoms with Gasteiger partial charge in [0, 0.05) is 18.4 Å². The van der Waals surface area contributed by atoms with Crippen LogP contribution in [0.25, 0.3) is 11.4 Å². The lowest BCUT2D eigenvalue weighted by atomic mass is 10.2. The van der Waals surface area contributed by atoms with Gasteiger partial charge in [0.2, 0.25) is 5.95 Å². The number of hydrogen-bond donors (Lipinski definition) is 2. The highest BCUT2D eigenvalue weighted by molar-refractivity contribution is 5.56. The van der Waals surface area contributed by atoms with Gasteiger partial charge in [-0.05, 0) is 32.0 Å². The van der Waals surface area contributed by atoms with Gasteiger partial charge in [-0.25, -0.2) is 9.97 Å². The summed E-state index contributed by atoms with van der Waals surface area (Å²) >= 11 is 0. The molecule has 0 unspecified atom stereocenters. The van der Waals surface area contributed by atoms with Gasteiger partial charge in [-0.15, -0.1) is 0 Å². The highest BCUT2D eigenvalue weighted by atomic mass is 15.1. The molecule has 2 rings (SSSR count). The molecule has 0 spiro atoms. The van der Waals surface area contributed by atoms with Gasteiger partial charge >= 0.3 is 0 Å². The van der Waals surface area contributed by atoms with Crippen LogP contribution < -0.4 is 5.32 Å². The summed E-state index contributed by atoms with van der Waals surface area (Å²) in [6, 6.07) is 5.92. The predicted molar refractivity (Wildman–Crippen MR) is 60.7 cm³/mol. The molecule has 0 aliphatic carbocycles. The Hall–Kier alpha value is -1.84. The number of aromatic nitrogens is 3. The second-order valence-corrected chi connectivity index (χ2v) is 3.33. The number of nitrogens with one attached hydrogen (secondary N) is 2. The van der Waals surface area contributed by atoms with Gasteiger partial charge in [-0.1, -0.05) is 0 Å². The second-order valence-electron chi connectivity index (χ2n) is 3.33. The number of nitrogens with zero attached hydrogens (tertiary/aromatic N) is 2. The number of anilines is 1. The molecule has 0 atom stereocenters. The zero-order valence-corrected chi connectivity index (χ0v) is 8.91. The van der Waals surface area contributed by atoms with Gasteiger partial charge in [0.1, 0.15) is 0 Å². The summed E-state index contributed by atoms with van der Waals surface area (Å²) in [4.78, 5) is 11.8. The standard InChI is InChI=1S/C11H14N4/c1-3-12-11-14-8(2)7-10(15-11)9-5-4-6-13-9/h4-7,13H,3H2,1-2H3,(H,12,14,15). The lowest BCUT2D eigenvalue weighted by molar-refractivity contribution is 1.05. The van der Waals surface area contributed by atoms with E-state index in [1.54, 1.807) is 0 Å². The first kappa shape index (κ1) is 9.71. The van der Waals surface area contributed by atoms with E-state index in [9.17, 15) is 0 Å². The van der Waals surface area contributed by atoms with Gasteiger partial charge < -0.3 is 10.3 Å². The molecule has 0 aliphatic heterocycles. The number of rotatable bonds is 3. The monoisotopic (exact) mass is 202 g/mol. The predicted octanol–water partition coefficient (Wildman–Crippen LogP) is 2.21. The van der Waals surface area contributed by atoms with Crippen molar-refractivity contribution in [2.24, 2.45) is 0 Å². The van der Waals surface area contributed by atoms with Crippen molar-refractivity contribution in [1.29, 1.82) is 0 Å². The zero-order chi connectivity index (χ0) is 10.7. The number of aryl methyl sites for hydroxylation is 1. The molecule has 0 bridgehead atoms. The minimum atomic E-state index is 0.683. The van der Waals surface area contributed by atoms with Crippen LogP contribution in [0.4, 0.5) is 5.95 Å². The minimum absolute atomic E-state index is 0.683. The van der Waals surface area contributed by atoms with E-state index in [0.717, 1.165) is 23.6 Å². The molecule has 4 heteroatoms. The lowest BCUT2D eigenvalue weighted by Gasteiger charge is -2.05. The second kappa shape index (κ2) is 4.13. The van der Waals surface area contributed by atoms with E-state index in [-0.39, 0.29) is 0 Å². The molecule has 2 heterocycles. The van der Waals surface area contributed by atoms with E-state index in [4.69, 9.17) is 0 Å². The average Bonchev–Trinajstić information content (AvgIpc) is 2.70. The fourth-order valence-electron chi connectivity index (χ4n) is 1.43. The van der Waals surface area contributed by atoms with Crippen LogP contribution in [0.3, 0.4) is 0 Å². The van der Waals surface area contributed by atoms with Crippen molar-refractivity contribution in [1.82, 2.24) is 15.0 Å². The molecule has 0 saturated heterocycles. The molecule has 2 aromatic heterocycles. The molecule has 0 aliphatic rings. The first-order valence-electron chi connectivity index (χ1n) is 5.03. The van der Waals surface area contributed by atoms with Crippen molar-refractivity contribution in [3.8, 4) is 11.4 Å². The van der Waals surface area contributed by atoms with Crippen LogP contribution in [0.1, 0.15) is 12.6 Å². The summed E-state index contributed by atoms with van der Waals surface area (Å²) in [6.45, 7) is 4.82. The molecular weight excluding hydrogens is 188 g/mol. The summed E-state index contributed by atoms with van der Waals surface area (Å²) in [5.41, 5.74) is 2.90. The van der Waals surface area contributed by atoms with Gasteiger partial charge in [-0.2, -0.15) is 0 Å². The summed E-state index contributed by atoms with van der Waals surface area (Å²) < 4.78 is 0. The van der Waals surface area contributed by atoms with Crippen molar-refractivity contribution >= 4 is 5.95 Å². The Bertz CT molecular complexity index is 434. The Labute approximate surface area is 88.8 Å². The zero-order valence-electron chi connectivity index (χ0n) is 8.91. The smallest absolute Gasteiger partial charge is 0.223 e. The fourth-order valence-corrected chi connectivity index (χ4v) is 1.43. The van der Waals surface area contributed by atoms with E-state index in [2.05, 4.69) is 20.3 Å². The van der Waals surface area contributed by atoms with Crippen molar-refractivity contribution in [2.75, 3.05) is 11.9 Å².